The lowest BCUT2D eigenvalue weighted by atomic mass is 10.1. The van der Waals surface area contributed by atoms with Crippen LogP contribution in [0.25, 0.3) is 0 Å². The molecular formula is C21H29FN2O4Si. The van der Waals surface area contributed by atoms with Crippen molar-refractivity contribution in [2.24, 2.45) is 5.92 Å². The normalized spacial score (nSPS) is 16.7. The summed E-state index contributed by atoms with van der Waals surface area (Å²) in [6.45, 7) is 11.8. The van der Waals surface area contributed by atoms with E-state index in [9.17, 15) is 9.18 Å². The average molecular weight is 421 g/mol. The fraction of sp³-hybridized carbons (Fsp3) is 0.524. The van der Waals surface area contributed by atoms with Gasteiger partial charge in [-0.05, 0) is 60.2 Å². The second-order valence-corrected chi connectivity index (χ2v) is 14.0. The SMILES string of the molecule is CC(C)(C)[Si](C)(C)OCC1Cc2cc(OCc3ccn(C(=O)O)n3)cc(F)c2C1. The number of hydrogen-bond donors (Lipinski definition) is 1. The van der Waals surface area contributed by atoms with Crippen LogP contribution in [0.4, 0.5) is 9.18 Å². The van der Waals surface area contributed by atoms with E-state index >= 15 is 0 Å². The third kappa shape index (κ3) is 4.87. The summed E-state index contributed by atoms with van der Waals surface area (Å²) in [6, 6.07) is 4.83. The van der Waals surface area contributed by atoms with Crippen molar-refractivity contribution in [1.82, 2.24) is 9.78 Å². The number of carboxylic acid groups (broad SMARTS) is 1. The minimum atomic E-state index is -1.83. The number of carbonyl (C=O) groups is 1. The predicted molar refractivity (Wildman–Crippen MR) is 110 cm³/mol. The van der Waals surface area contributed by atoms with Crippen LogP contribution in [0.3, 0.4) is 0 Å². The number of halogens is 1. The Labute approximate surface area is 171 Å². The molecule has 8 heteroatoms. The van der Waals surface area contributed by atoms with Crippen LogP contribution in [0.15, 0.2) is 24.4 Å². The monoisotopic (exact) mass is 420 g/mol. The molecule has 1 heterocycles. The molecule has 1 aromatic heterocycles. The number of rotatable bonds is 6. The maximum absolute atomic E-state index is 14.6. The van der Waals surface area contributed by atoms with Crippen molar-refractivity contribution in [2.45, 2.75) is 58.4 Å². The molecule has 0 bridgehead atoms. The molecule has 0 saturated carbocycles. The van der Waals surface area contributed by atoms with E-state index in [1.54, 1.807) is 6.07 Å². The summed E-state index contributed by atoms with van der Waals surface area (Å²) < 4.78 is 27.4. The van der Waals surface area contributed by atoms with Gasteiger partial charge in [-0.1, -0.05) is 20.8 Å². The first-order valence-corrected chi connectivity index (χ1v) is 12.7. The van der Waals surface area contributed by atoms with Crippen molar-refractivity contribution < 1.29 is 23.5 Å². The van der Waals surface area contributed by atoms with Gasteiger partial charge in [0.15, 0.2) is 8.32 Å². The quantitative estimate of drug-likeness (QED) is 0.675. The highest BCUT2D eigenvalue weighted by atomic mass is 28.4. The zero-order chi connectivity index (χ0) is 21.4. The smallest absolute Gasteiger partial charge is 0.432 e. The van der Waals surface area contributed by atoms with Crippen LogP contribution in [0.5, 0.6) is 5.75 Å². The van der Waals surface area contributed by atoms with Gasteiger partial charge in [-0.3, -0.25) is 0 Å². The Bertz CT molecular complexity index is 905. The predicted octanol–water partition coefficient (Wildman–Crippen LogP) is 4.86. The standard InChI is InChI=1S/C21H29FN2O4Si/c1-21(2,3)29(4,5)28-12-14-8-15-10-17(11-19(22)18(15)9-14)27-13-16-6-7-24(23-16)20(25)26/h6-7,10-11,14H,8-9,12-13H2,1-5H3,(H,25,26). The second-order valence-electron chi connectivity index (χ2n) is 9.21. The number of ether oxygens (including phenoxy) is 1. The van der Waals surface area contributed by atoms with Crippen molar-refractivity contribution in [3.8, 4) is 5.75 Å². The van der Waals surface area contributed by atoms with Gasteiger partial charge in [0.2, 0.25) is 0 Å². The number of aromatic nitrogens is 2. The summed E-state index contributed by atoms with van der Waals surface area (Å²) in [7, 11) is -1.83. The molecule has 0 spiro atoms. The van der Waals surface area contributed by atoms with Crippen LogP contribution in [0.1, 0.15) is 37.6 Å². The van der Waals surface area contributed by atoms with Crippen molar-refractivity contribution in [2.75, 3.05) is 6.61 Å². The summed E-state index contributed by atoms with van der Waals surface area (Å²) >= 11 is 0. The Kier molecular flexibility index (Phi) is 5.87. The number of nitrogens with zero attached hydrogens (tertiary/aromatic N) is 2. The highest BCUT2D eigenvalue weighted by Crippen LogP contribution is 2.38. The zero-order valence-electron chi connectivity index (χ0n) is 17.7. The van der Waals surface area contributed by atoms with E-state index < -0.39 is 14.4 Å². The summed E-state index contributed by atoms with van der Waals surface area (Å²) in [5, 5.41) is 12.9. The average Bonchev–Trinajstić information content (AvgIpc) is 3.24. The molecule has 29 heavy (non-hydrogen) atoms. The molecule has 0 aliphatic heterocycles. The zero-order valence-corrected chi connectivity index (χ0v) is 18.7. The maximum Gasteiger partial charge on any atom is 0.432 e. The van der Waals surface area contributed by atoms with Crippen molar-refractivity contribution in [3.05, 3.63) is 47.0 Å². The Balaban J connectivity index is 1.62. The van der Waals surface area contributed by atoms with Gasteiger partial charge in [0, 0.05) is 18.9 Å². The van der Waals surface area contributed by atoms with E-state index in [1.165, 1.54) is 12.3 Å². The van der Waals surface area contributed by atoms with Crippen LogP contribution in [0.2, 0.25) is 18.1 Å². The fourth-order valence-corrected chi connectivity index (χ4v) is 4.28. The molecule has 1 N–H and O–H groups in total. The first-order valence-electron chi connectivity index (χ1n) is 9.82. The molecule has 1 aromatic carbocycles. The first kappa shape index (κ1) is 21.5. The van der Waals surface area contributed by atoms with Crippen LogP contribution >= 0.6 is 0 Å². The Morgan fingerprint density at radius 2 is 2.07 bits per heavy atom. The van der Waals surface area contributed by atoms with Gasteiger partial charge in [-0.15, -0.1) is 0 Å². The van der Waals surface area contributed by atoms with Gasteiger partial charge in [0.25, 0.3) is 0 Å². The van der Waals surface area contributed by atoms with E-state index in [1.807, 2.05) is 6.07 Å². The van der Waals surface area contributed by atoms with Crippen LogP contribution < -0.4 is 4.74 Å². The molecule has 1 aliphatic rings. The third-order valence-corrected chi connectivity index (χ3v) is 10.5. The molecule has 6 nitrogen and oxygen atoms in total. The second kappa shape index (κ2) is 7.91. The van der Waals surface area contributed by atoms with Crippen molar-refractivity contribution in [3.63, 3.8) is 0 Å². The molecule has 3 rings (SSSR count). The van der Waals surface area contributed by atoms with Crippen molar-refractivity contribution >= 4 is 14.4 Å². The fourth-order valence-electron chi connectivity index (χ4n) is 3.19. The Hall–Kier alpha value is -2.19. The minimum Gasteiger partial charge on any atom is -0.487 e. The summed E-state index contributed by atoms with van der Waals surface area (Å²) in [4.78, 5) is 10.9. The topological polar surface area (TPSA) is 73.6 Å². The van der Waals surface area contributed by atoms with Gasteiger partial charge in [0.1, 0.15) is 23.9 Å². The van der Waals surface area contributed by atoms with E-state index in [0.717, 1.165) is 22.2 Å². The van der Waals surface area contributed by atoms with Gasteiger partial charge in [-0.2, -0.15) is 9.78 Å². The van der Waals surface area contributed by atoms with E-state index in [2.05, 4.69) is 39.0 Å². The molecule has 158 valence electrons. The van der Waals surface area contributed by atoms with Crippen LogP contribution in [-0.4, -0.2) is 35.9 Å². The van der Waals surface area contributed by atoms with E-state index in [0.29, 0.717) is 24.5 Å². The lowest BCUT2D eigenvalue weighted by molar-refractivity contribution is 0.192. The molecule has 0 amide bonds. The van der Waals surface area contributed by atoms with Crippen LogP contribution in [-0.2, 0) is 23.9 Å². The molecule has 0 fully saturated rings. The summed E-state index contributed by atoms with van der Waals surface area (Å²) in [5.41, 5.74) is 2.17. The van der Waals surface area contributed by atoms with E-state index in [4.69, 9.17) is 14.3 Å². The van der Waals surface area contributed by atoms with Crippen molar-refractivity contribution in [1.29, 1.82) is 0 Å². The Morgan fingerprint density at radius 1 is 1.34 bits per heavy atom. The van der Waals surface area contributed by atoms with Gasteiger partial charge >= 0.3 is 6.09 Å². The summed E-state index contributed by atoms with van der Waals surface area (Å²) in [5.74, 6) is 0.440. The summed E-state index contributed by atoms with van der Waals surface area (Å²) in [6.07, 6.45) is 1.63. The molecule has 0 saturated heterocycles. The third-order valence-electron chi connectivity index (χ3n) is 5.98. The molecule has 0 radical (unpaired) electrons. The van der Waals surface area contributed by atoms with Gasteiger partial charge in [0.05, 0.1) is 0 Å². The van der Waals surface area contributed by atoms with Gasteiger partial charge in [-0.25, -0.2) is 9.18 Å². The van der Waals surface area contributed by atoms with Crippen LogP contribution in [0, 0.1) is 11.7 Å². The Morgan fingerprint density at radius 3 is 2.69 bits per heavy atom. The van der Waals surface area contributed by atoms with Gasteiger partial charge < -0.3 is 14.3 Å². The lowest BCUT2D eigenvalue weighted by Crippen LogP contribution is -2.42. The highest BCUT2D eigenvalue weighted by molar-refractivity contribution is 6.74. The number of benzene rings is 1. The molecule has 2 aromatic rings. The minimum absolute atomic E-state index is 0.0798. The lowest BCUT2D eigenvalue weighted by Gasteiger charge is -2.37. The highest BCUT2D eigenvalue weighted by Gasteiger charge is 2.38. The molecule has 1 aliphatic carbocycles. The molecular weight excluding hydrogens is 391 g/mol. The molecule has 1 atom stereocenters. The first-order chi connectivity index (χ1) is 13.5. The number of fused-ring (bicyclic) bond motifs is 1. The largest absolute Gasteiger partial charge is 0.487 e. The maximum atomic E-state index is 14.6. The molecule has 1 unspecified atom stereocenters. The van der Waals surface area contributed by atoms with E-state index in [-0.39, 0.29) is 23.4 Å². The number of hydrogen-bond acceptors (Lipinski definition) is 4.